The molecular formula is C71H106O12. The van der Waals surface area contributed by atoms with Gasteiger partial charge in [0.1, 0.15) is 18.8 Å². The maximum Gasteiger partial charge on any atom is 0.335 e. The van der Waals surface area contributed by atoms with Gasteiger partial charge in [0.2, 0.25) is 0 Å². The molecule has 0 aromatic heterocycles. The number of hydrogen-bond acceptors (Lipinski definition) is 11. The van der Waals surface area contributed by atoms with Crippen molar-refractivity contribution in [3.63, 3.8) is 0 Å². The van der Waals surface area contributed by atoms with Crippen LogP contribution >= 0.6 is 0 Å². The van der Waals surface area contributed by atoms with Gasteiger partial charge in [-0.3, -0.25) is 14.4 Å². The van der Waals surface area contributed by atoms with Crippen LogP contribution in [-0.2, 0) is 42.9 Å². The van der Waals surface area contributed by atoms with Gasteiger partial charge in [-0.1, -0.05) is 217 Å². The molecule has 0 aromatic rings. The number of allylic oxidation sites excluding steroid dienone is 28. The van der Waals surface area contributed by atoms with Gasteiger partial charge in [0.15, 0.2) is 24.6 Å². The van der Waals surface area contributed by atoms with E-state index < -0.39 is 67.3 Å². The molecule has 1 fully saturated rings. The summed E-state index contributed by atoms with van der Waals surface area (Å²) in [4.78, 5) is 51.2. The molecule has 0 radical (unpaired) electrons. The zero-order valence-corrected chi connectivity index (χ0v) is 50.9. The van der Waals surface area contributed by atoms with E-state index in [2.05, 4.69) is 179 Å². The van der Waals surface area contributed by atoms with Crippen LogP contribution in [0.3, 0.4) is 0 Å². The first kappa shape index (κ1) is 75.1. The van der Waals surface area contributed by atoms with Gasteiger partial charge in [0, 0.05) is 19.3 Å². The molecule has 462 valence electrons. The van der Waals surface area contributed by atoms with Crippen molar-refractivity contribution in [3.8, 4) is 0 Å². The molecule has 83 heavy (non-hydrogen) atoms. The highest BCUT2D eigenvalue weighted by Gasteiger charge is 2.50. The number of carboxylic acid groups (broad SMARTS) is 1. The van der Waals surface area contributed by atoms with Crippen LogP contribution in [0.5, 0.6) is 0 Å². The second-order valence-electron chi connectivity index (χ2n) is 20.2. The highest BCUT2D eigenvalue weighted by atomic mass is 16.7. The van der Waals surface area contributed by atoms with Gasteiger partial charge in [0.05, 0.1) is 6.61 Å². The Hall–Kier alpha value is -5.92. The normalized spacial score (nSPS) is 18.8. The van der Waals surface area contributed by atoms with Crippen LogP contribution in [0.4, 0.5) is 0 Å². The van der Waals surface area contributed by atoms with Crippen molar-refractivity contribution in [2.75, 3.05) is 13.2 Å². The van der Waals surface area contributed by atoms with Gasteiger partial charge >= 0.3 is 23.9 Å². The van der Waals surface area contributed by atoms with Gasteiger partial charge in [-0.15, -0.1) is 0 Å². The first-order valence-electron chi connectivity index (χ1n) is 31.1. The van der Waals surface area contributed by atoms with Crippen molar-refractivity contribution >= 4 is 23.9 Å². The second kappa shape index (κ2) is 56.6. The molecule has 1 aliphatic rings. The van der Waals surface area contributed by atoms with Crippen LogP contribution in [0.1, 0.15) is 201 Å². The number of rotatable bonds is 50. The number of esters is 3. The second-order valence-corrected chi connectivity index (χ2v) is 20.2. The van der Waals surface area contributed by atoms with Gasteiger partial charge in [-0.2, -0.15) is 0 Å². The highest BCUT2D eigenvalue weighted by Crippen LogP contribution is 2.26. The maximum atomic E-state index is 13.2. The van der Waals surface area contributed by atoms with Crippen molar-refractivity contribution in [2.45, 2.75) is 237 Å². The zero-order chi connectivity index (χ0) is 60.3. The molecule has 12 heteroatoms. The SMILES string of the molecule is CC/C=C\C/C=C\C/C=C\C/C=C\C/C=C\C/C=C\CCC(=O)OCC(COC1OC(C(=O)O)C(O)C(O)C1OC(=O)CCCCC/C=C\C/C=C\C/C=C\C/C=C\C/C=C\CC)OC(=O)CCCCCCC/C=C\C/C=C\C/C=C\CC. The highest BCUT2D eigenvalue weighted by molar-refractivity contribution is 5.74. The lowest BCUT2D eigenvalue weighted by molar-refractivity contribution is -0.301. The minimum absolute atomic E-state index is 0.00130. The standard InChI is InChI=1S/C71H106O12/c1-4-7-10-13-16-19-22-25-28-30-32-34-37-39-42-45-48-51-54-57-63(72)79-60-62(81-64(73)58-55-52-49-46-43-40-36-27-24-21-18-15-12-9-6-3)61-80-71-69(67(76)66(75)68(83-71)70(77)78)82-65(74)59-56-53-50-47-44-41-38-35-33-31-29-26-23-20-17-14-11-8-5-2/h7-12,16-21,25-29,32-36,39,41-42,44,48,51,62,66-69,71,75-76H,4-6,13-15,22-24,30-31,37-38,40,43,45-47,49-50,52-61H2,1-3H3,(H,77,78)/b10-7-,11-8-,12-9-,19-16-,20-17-,21-18-,28-25-,29-26-,34-32-,35-33-,36-27-,42-39-,44-41-,51-48-. The van der Waals surface area contributed by atoms with E-state index in [0.717, 1.165) is 135 Å². The topological polar surface area (TPSA) is 175 Å². The molecule has 0 bridgehead atoms. The number of aliphatic hydroxyl groups excluding tert-OH is 2. The molecule has 1 heterocycles. The number of carbonyl (C=O) groups is 4. The Morgan fingerprint density at radius 3 is 1.16 bits per heavy atom. The molecule has 0 aliphatic carbocycles. The van der Waals surface area contributed by atoms with E-state index in [1.54, 1.807) is 0 Å². The number of ether oxygens (including phenoxy) is 5. The van der Waals surface area contributed by atoms with Gasteiger partial charge in [-0.05, 0) is 135 Å². The fourth-order valence-corrected chi connectivity index (χ4v) is 8.14. The average molecular weight is 1150 g/mol. The Labute approximate surface area is 500 Å². The third-order valence-electron chi connectivity index (χ3n) is 12.8. The molecule has 0 spiro atoms. The van der Waals surface area contributed by atoms with E-state index in [4.69, 9.17) is 23.7 Å². The zero-order valence-electron chi connectivity index (χ0n) is 50.9. The van der Waals surface area contributed by atoms with Crippen LogP contribution in [0.15, 0.2) is 170 Å². The first-order valence-corrected chi connectivity index (χ1v) is 31.1. The molecular weight excluding hydrogens is 1040 g/mol. The summed E-state index contributed by atoms with van der Waals surface area (Å²) >= 11 is 0. The molecule has 0 saturated carbocycles. The molecule has 1 aliphatic heterocycles. The fourth-order valence-electron chi connectivity index (χ4n) is 8.14. The van der Waals surface area contributed by atoms with E-state index in [9.17, 15) is 34.5 Å². The summed E-state index contributed by atoms with van der Waals surface area (Å²) in [6.07, 6.45) is 71.8. The summed E-state index contributed by atoms with van der Waals surface area (Å²) in [5, 5.41) is 31.6. The summed E-state index contributed by atoms with van der Waals surface area (Å²) in [6, 6.07) is 0. The number of unbranched alkanes of at least 4 members (excludes halogenated alkanes) is 8. The van der Waals surface area contributed by atoms with Crippen LogP contribution in [0.25, 0.3) is 0 Å². The van der Waals surface area contributed by atoms with Crippen LogP contribution < -0.4 is 0 Å². The summed E-state index contributed by atoms with van der Waals surface area (Å²) < 4.78 is 28.3. The number of aliphatic carboxylic acids is 1. The van der Waals surface area contributed by atoms with Crippen molar-refractivity contribution in [1.29, 1.82) is 0 Å². The molecule has 0 amide bonds. The lowest BCUT2D eigenvalue weighted by Gasteiger charge is -2.40. The smallest absolute Gasteiger partial charge is 0.335 e. The molecule has 1 rings (SSSR count). The number of hydrogen-bond donors (Lipinski definition) is 3. The first-order chi connectivity index (χ1) is 40.6. The third kappa shape index (κ3) is 46.2. The summed E-state index contributed by atoms with van der Waals surface area (Å²) in [5.74, 6) is -3.33. The van der Waals surface area contributed by atoms with E-state index in [-0.39, 0.29) is 25.9 Å². The van der Waals surface area contributed by atoms with E-state index in [1.165, 1.54) is 0 Å². The minimum atomic E-state index is -1.94. The van der Waals surface area contributed by atoms with Crippen LogP contribution in [0, 0.1) is 0 Å². The Kier molecular flexibility index (Phi) is 51.2. The van der Waals surface area contributed by atoms with E-state index in [1.807, 2.05) is 12.2 Å². The summed E-state index contributed by atoms with van der Waals surface area (Å²) in [6.45, 7) is 5.55. The Morgan fingerprint density at radius 1 is 0.398 bits per heavy atom. The predicted octanol–water partition coefficient (Wildman–Crippen LogP) is 16.7. The van der Waals surface area contributed by atoms with E-state index >= 15 is 0 Å². The third-order valence-corrected chi connectivity index (χ3v) is 12.8. The number of aliphatic hydroxyl groups is 2. The van der Waals surface area contributed by atoms with Gasteiger partial charge < -0.3 is 39.0 Å². The lowest BCUT2D eigenvalue weighted by atomic mass is 9.98. The maximum absolute atomic E-state index is 13.2. The monoisotopic (exact) mass is 1150 g/mol. The molecule has 3 N–H and O–H groups in total. The van der Waals surface area contributed by atoms with E-state index in [0.29, 0.717) is 25.7 Å². The lowest BCUT2D eigenvalue weighted by Crippen LogP contribution is -2.61. The minimum Gasteiger partial charge on any atom is -0.479 e. The summed E-state index contributed by atoms with van der Waals surface area (Å²) in [7, 11) is 0. The summed E-state index contributed by atoms with van der Waals surface area (Å²) in [5.41, 5.74) is 0. The number of carbonyl (C=O) groups excluding carboxylic acids is 3. The van der Waals surface area contributed by atoms with Crippen molar-refractivity contribution in [3.05, 3.63) is 170 Å². The van der Waals surface area contributed by atoms with Gasteiger partial charge in [0.25, 0.3) is 0 Å². The Morgan fingerprint density at radius 2 is 0.747 bits per heavy atom. The average Bonchev–Trinajstić information content (AvgIpc) is 3.57. The molecule has 12 nitrogen and oxygen atoms in total. The van der Waals surface area contributed by atoms with Crippen molar-refractivity contribution < 1.29 is 58.2 Å². The van der Waals surface area contributed by atoms with Crippen LogP contribution in [-0.4, -0.2) is 89.2 Å². The van der Waals surface area contributed by atoms with Gasteiger partial charge in [-0.25, -0.2) is 4.79 Å². The quantitative estimate of drug-likeness (QED) is 0.0228. The number of carboxylic acids is 1. The largest absolute Gasteiger partial charge is 0.479 e. The predicted molar refractivity (Wildman–Crippen MR) is 339 cm³/mol. The van der Waals surface area contributed by atoms with Crippen molar-refractivity contribution in [1.82, 2.24) is 0 Å². The molecule has 6 atom stereocenters. The molecule has 6 unspecified atom stereocenters. The Bertz CT molecular complexity index is 2090. The van der Waals surface area contributed by atoms with Crippen LogP contribution in [0.2, 0.25) is 0 Å². The molecule has 1 saturated heterocycles. The van der Waals surface area contributed by atoms with Crippen molar-refractivity contribution in [2.24, 2.45) is 0 Å². The molecule has 0 aromatic carbocycles. The Balaban J connectivity index is 2.76. The fraction of sp³-hybridized carbons (Fsp3) is 0.549.